The van der Waals surface area contributed by atoms with Crippen LogP contribution in [0.5, 0.6) is 0 Å². The molecule has 0 aromatic heterocycles. The van der Waals surface area contributed by atoms with E-state index < -0.39 is 0 Å². The van der Waals surface area contributed by atoms with Crippen LogP contribution < -0.4 is 45.9 Å². The van der Waals surface area contributed by atoms with Crippen LogP contribution in [0.1, 0.15) is 32.6 Å². The Morgan fingerprint density at radius 2 is 0.828 bits per heavy atom. The summed E-state index contributed by atoms with van der Waals surface area (Å²) in [6.45, 7) is 8.30. The molecule has 0 aliphatic rings. The molecule has 0 amide bonds. The topological polar surface area (TPSA) is 215 Å². The van der Waals surface area contributed by atoms with E-state index in [1.807, 2.05) is 0 Å². The molecule has 0 bridgehead atoms. The van der Waals surface area contributed by atoms with Crippen molar-refractivity contribution in [3.63, 3.8) is 0 Å². The van der Waals surface area contributed by atoms with Gasteiger partial charge in [-0.05, 0) is 58.8 Å². The Bertz CT molecular complexity index is 345. The van der Waals surface area contributed by atoms with Gasteiger partial charge in [-0.3, -0.25) is 9.80 Å². The molecule has 0 radical (unpaired) electrons. The molecule has 29 heavy (non-hydrogen) atoms. The van der Waals surface area contributed by atoms with Crippen molar-refractivity contribution in [3.8, 4) is 0 Å². The molecule has 0 rings (SSSR count). The minimum atomic E-state index is 0.0139. The van der Waals surface area contributed by atoms with E-state index in [0.29, 0.717) is 26.2 Å². The van der Waals surface area contributed by atoms with E-state index in [0.717, 1.165) is 58.4 Å². The van der Waals surface area contributed by atoms with Gasteiger partial charge in [-0.25, -0.2) is 0 Å². The van der Waals surface area contributed by atoms with Gasteiger partial charge in [-0.2, -0.15) is 0 Å². The van der Waals surface area contributed by atoms with Gasteiger partial charge in [0.05, 0.1) is 0 Å². The summed E-state index contributed by atoms with van der Waals surface area (Å²) in [5.41, 5.74) is 47.8. The molecule has 0 aliphatic carbocycles. The third-order valence-corrected chi connectivity index (χ3v) is 5.22. The van der Waals surface area contributed by atoms with E-state index in [9.17, 15) is 0 Å². The average Bonchev–Trinajstić information content (AvgIpc) is 2.61. The molecule has 176 valence electrons. The van der Waals surface area contributed by atoms with Crippen LogP contribution in [0.4, 0.5) is 0 Å². The van der Waals surface area contributed by atoms with Gasteiger partial charge in [0.2, 0.25) is 0 Å². The Morgan fingerprint density at radius 1 is 0.517 bits per heavy atom. The Kier molecular flexibility index (Phi) is 17.1. The highest BCUT2D eigenvalue weighted by Crippen LogP contribution is 2.08. The van der Waals surface area contributed by atoms with Gasteiger partial charge in [-0.1, -0.05) is 0 Å². The molecule has 0 spiro atoms. The highest BCUT2D eigenvalue weighted by atomic mass is 15.2. The van der Waals surface area contributed by atoms with Gasteiger partial charge < -0.3 is 45.9 Å². The molecule has 16 N–H and O–H groups in total. The molecular formula is C19H50N10. The zero-order valence-corrected chi connectivity index (χ0v) is 18.6. The average molecular weight is 419 g/mol. The number of hydrogen-bond acceptors (Lipinski definition) is 10. The molecule has 10 nitrogen and oxygen atoms in total. The fourth-order valence-electron chi connectivity index (χ4n) is 3.63. The van der Waals surface area contributed by atoms with Gasteiger partial charge >= 0.3 is 0 Å². The third-order valence-electron chi connectivity index (χ3n) is 5.22. The summed E-state index contributed by atoms with van der Waals surface area (Å²) < 4.78 is 0. The van der Waals surface area contributed by atoms with E-state index in [1.165, 1.54) is 0 Å². The van der Waals surface area contributed by atoms with E-state index >= 15 is 0 Å². The molecule has 0 aromatic rings. The molecule has 0 heterocycles. The van der Waals surface area contributed by atoms with Crippen molar-refractivity contribution < 1.29 is 0 Å². The van der Waals surface area contributed by atoms with Gasteiger partial charge in [0.1, 0.15) is 0 Å². The highest BCUT2D eigenvalue weighted by Gasteiger charge is 2.23. The lowest BCUT2D eigenvalue weighted by molar-refractivity contribution is 0.124. The maximum atomic E-state index is 6.28. The second-order valence-corrected chi connectivity index (χ2v) is 8.37. The van der Waals surface area contributed by atoms with Crippen LogP contribution in [0.2, 0.25) is 0 Å². The smallest absolute Gasteiger partial charge is 0.0196 e. The maximum absolute atomic E-state index is 6.28. The second-order valence-electron chi connectivity index (χ2n) is 8.37. The zero-order chi connectivity index (χ0) is 22.2. The van der Waals surface area contributed by atoms with E-state index in [4.69, 9.17) is 45.9 Å². The molecule has 0 saturated carbocycles. The Hall–Kier alpha value is -0.400. The highest BCUT2D eigenvalue weighted by molar-refractivity contribution is 4.82. The first-order valence-corrected chi connectivity index (χ1v) is 11.1. The fraction of sp³-hybridized carbons (Fsp3) is 1.00. The monoisotopic (exact) mass is 418 g/mol. The SMILES string of the molecule is CC(CN(CC(N)CCN)CC(N)CCN)N(CC(N)CCN)CC(N)CCN. The summed E-state index contributed by atoms with van der Waals surface area (Å²) >= 11 is 0. The summed E-state index contributed by atoms with van der Waals surface area (Å²) in [5.74, 6) is 0. The number of hydrogen-bond donors (Lipinski definition) is 8. The predicted octanol–water partition coefficient (Wildman–Crippen LogP) is -3.32. The van der Waals surface area contributed by atoms with Crippen LogP contribution in [-0.2, 0) is 0 Å². The van der Waals surface area contributed by atoms with Crippen molar-refractivity contribution in [1.82, 2.24) is 9.80 Å². The van der Waals surface area contributed by atoms with Crippen LogP contribution in [0.25, 0.3) is 0 Å². The minimum absolute atomic E-state index is 0.0139. The fourth-order valence-corrected chi connectivity index (χ4v) is 3.63. The Morgan fingerprint density at radius 3 is 1.14 bits per heavy atom. The van der Waals surface area contributed by atoms with Crippen LogP contribution >= 0.6 is 0 Å². The van der Waals surface area contributed by atoms with Gasteiger partial charge in [0.15, 0.2) is 0 Å². The lowest BCUT2D eigenvalue weighted by atomic mass is 10.1. The van der Waals surface area contributed by atoms with Crippen molar-refractivity contribution in [2.24, 2.45) is 45.9 Å². The molecule has 10 heteroatoms. The predicted molar refractivity (Wildman–Crippen MR) is 124 cm³/mol. The van der Waals surface area contributed by atoms with E-state index in [-0.39, 0.29) is 30.2 Å². The first-order chi connectivity index (χ1) is 13.8. The summed E-state index contributed by atoms with van der Waals surface area (Å²) in [6.07, 6.45) is 3.12. The summed E-state index contributed by atoms with van der Waals surface area (Å²) in [7, 11) is 0. The van der Waals surface area contributed by atoms with Crippen LogP contribution in [0.15, 0.2) is 0 Å². The molecule has 0 fully saturated rings. The van der Waals surface area contributed by atoms with E-state index in [2.05, 4.69) is 16.7 Å². The first-order valence-electron chi connectivity index (χ1n) is 11.1. The third kappa shape index (κ3) is 14.3. The van der Waals surface area contributed by atoms with Crippen LogP contribution in [0.3, 0.4) is 0 Å². The number of nitrogens with zero attached hydrogens (tertiary/aromatic N) is 2. The summed E-state index contributed by atoms with van der Waals surface area (Å²) in [4.78, 5) is 4.66. The molecule has 5 atom stereocenters. The van der Waals surface area contributed by atoms with Gasteiger partial charge in [0.25, 0.3) is 0 Å². The van der Waals surface area contributed by atoms with Crippen molar-refractivity contribution >= 4 is 0 Å². The zero-order valence-electron chi connectivity index (χ0n) is 18.6. The van der Waals surface area contributed by atoms with Crippen molar-refractivity contribution in [2.45, 2.75) is 62.8 Å². The minimum Gasteiger partial charge on any atom is -0.330 e. The number of rotatable bonds is 19. The molecule has 0 saturated heterocycles. The van der Waals surface area contributed by atoms with Gasteiger partial charge in [0, 0.05) is 62.9 Å². The lowest BCUT2D eigenvalue weighted by Gasteiger charge is -2.37. The van der Waals surface area contributed by atoms with E-state index in [1.54, 1.807) is 0 Å². The van der Waals surface area contributed by atoms with Crippen LogP contribution in [-0.4, -0.2) is 98.9 Å². The molecule has 0 aromatic carbocycles. The van der Waals surface area contributed by atoms with Crippen LogP contribution in [0, 0.1) is 0 Å². The summed E-state index contributed by atoms with van der Waals surface area (Å²) in [6, 6.07) is 0.298. The standard InChI is InChI=1S/C19H50N10/c1-15(29(13-18(26)4-8-22)14-19(27)5-9-23)10-28(11-16(24)2-6-20)12-17(25)3-7-21/h15-19H,2-14,20-27H2,1H3. The largest absolute Gasteiger partial charge is 0.330 e. The summed E-state index contributed by atoms with van der Waals surface area (Å²) in [5, 5.41) is 0. The lowest BCUT2D eigenvalue weighted by Crippen LogP contribution is -2.54. The number of nitrogens with two attached hydrogens (primary N) is 8. The molecule has 0 aliphatic heterocycles. The molecule has 5 unspecified atom stereocenters. The maximum Gasteiger partial charge on any atom is 0.0196 e. The Balaban J connectivity index is 5.12. The second kappa shape index (κ2) is 17.3. The quantitative estimate of drug-likeness (QED) is 0.104. The van der Waals surface area contributed by atoms with Crippen molar-refractivity contribution in [3.05, 3.63) is 0 Å². The first kappa shape index (κ1) is 28.6. The normalized spacial score (nSPS) is 17.5. The van der Waals surface area contributed by atoms with Crippen molar-refractivity contribution in [1.29, 1.82) is 0 Å². The van der Waals surface area contributed by atoms with Gasteiger partial charge in [-0.15, -0.1) is 0 Å². The Labute approximate surface area is 178 Å². The van der Waals surface area contributed by atoms with Crippen molar-refractivity contribution in [2.75, 3.05) is 58.9 Å². The molecular weight excluding hydrogens is 368 g/mol.